The van der Waals surface area contributed by atoms with Crippen LogP contribution in [0, 0.1) is 13.8 Å². The van der Waals surface area contributed by atoms with E-state index in [4.69, 9.17) is 23.2 Å². The van der Waals surface area contributed by atoms with E-state index in [1.807, 2.05) is 37.0 Å². The van der Waals surface area contributed by atoms with Gasteiger partial charge >= 0.3 is 0 Å². The maximum atomic E-state index is 6.27. The Morgan fingerprint density at radius 2 is 1.71 bits per heavy atom. The molecule has 1 atom stereocenters. The first kappa shape index (κ1) is 16.3. The summed E-state index contributed by atoms with van der Waals surface area (Å²) in [5, 5.41) is 9.29. The Morgan fingerprint density at radius 3 is 2.19 bits per heavy atom. The second kappa shape index (κ2) is 6.82. The third-order valence-corrected chi connectivity index (χ3v) is 4.74. The number of nitrogens with zero attached hydrogens (tertiary/aromatic N) is 2. The van der Waals surface area contributed by atoms with Gasteiger partial charge in [0.1, 0.15) is 0 Å². The van der Waals surface area contributed by atoms with Crippen molar-refractivity contribution >= 4 is 23.2 Å². The van der Waals surface area contributed by atoms with Gasteiger partial charge in [0.2, 0.25) is 0 Å². The minimum Gasteiger partial charge on any atom is -0.316 e. The van der Waals surface area contributed by atoms with Crippen LogP contribution in [-0.2, 0) is 19.9 Å². The Labute approximate surface area is 136 Å². The van der Waals surface area contributed by atoms with Crippen LogP contribution in [0.4, 0.5) is 0 Å². The van der Waals surface area contributed by atoms with Crippen LogP contribution in [0.1, 0.15) is 22.5 Å². The number of benzene rings is 1. The van der Waals surface area contributed by atoms with Crippen molar-refractivity contribution < 1.29 is 0 Å². The molecule has 1 unspecified atom stereocenters. The molecule has 21 heavy (non-hydrogen) atoms. The summed E-state index contributed by atoms with van der Waals surface area (Å²) in [4.78, 5) is 0. The van der Waals surface area contributed by atoms with Crippen molar-refractivity contribution in [2.45, 2.75) is 32.7 Å². The largest absolute Gasteiger partial charge is 0.316 e. The van der Waals surface area contributed by atoms with Gasteiger partial charge in [-0.05, 0) is 57.0 Å². The topological polar surface area (TPSA) is 29.9 Å². The number of hydrogen-bond donors (Lipinski definition) is 1. The number of aromatic nitrogens is 2. The van der Waals surface area contributed by atoms with Crippen LogP contribution in [0.2, 0.25) is 10.0 Å². The Morgan fingerprint density at radius 1 is 1.14 bits per heavy atom. The molecule has 114 valence electrons. The molecule has 2 rings (SSSR count). The Balaban J connectivity index is 2.21. The molecule has 1 aromatic heterocycles. The van der Waals surface area contributed by atoms with Gasteiger partial charge in [-0.3, -0.25) is 4.68 Å². The molecule has 0 spiro atoms. The van der Waals surface area contributed by atoms with Crippen molar-refractivity contribution in [2.75, 3.05) is 7.05 Å². The molecule has 0 amide bonds. The minimum atomic E-state index is 0.268. The first-order valence-electron chi connectivity index (χ1n) is 7.03. The predicted octanol–water partition coefficient (Wildman–Crippen LogP) is 3.72. The first-order valence-corrected chi connectivity index (χ1v) is 7.78. The number of rotatable bonds is 5. The maximum absolute atomic E-state index is 6.27. The van der Waals surface area contributed by atoms with E-state index in [9.17, 15) is 0 Å². The average Bonchev–Trinajstić information content (AvgIpc) is 2.67. The van der Waals surface area contributed by atoms with Crippen LogP contribution in [0.15, 0.2) is 18.2 Å². The summed E-state index contributed by atoms with van der Waals surface area (Å²) < 4.78 is 1.93. The van der Waals surface area contributed by atoms with Gasteiger partial charge in [0, 0.05) is 28.8 Å². The SMILES string of the molecule is CNC(Cc1c(Cl)cccc1Cl)Cc1c(C)nn(C)c1C. The fourth-order valence-corrected chi connectivity index (χ4v) is 3.16. The zero-order chi connectivity index (χ0) is 15.6. The lowest BCUT2D eigenvalue weighted by molar-refractivity contribution is 0.554. The Kier molecular flexibility index (Phi) is 5.31. The summed E-state index contributed by atoms with van der Waals surface area (Å²) in [6.45, 7) is 4.15. The zero-order valence-electron chi connectivity index (χ0n) is 12.9. The molecule has 0 aliphatic heterocycles. The molecule has 5 heteroatoms. The zero-order valence-corrected chi connectivity index (χ0v) is 14.4. The molecule has 0 aliphatic rings. The molecular formula is C16H21Cl2N3. The summed E-state index contributed by atoms with van der Waals surface area (Å²) in [5.41, 5.74) is 4.58. The van der Waals surface area contributed by atoms with Crippen molar-refractivity contribution in [1.29, 1.82) is 0 Å². The van der Waals surface area contributed by atoms with E-state index < -0.39 is 0 Å². The number of halogens is 2. The van der Waals surface area contributed by atoms with Crippen molar-refractivity contribution in [3.8, 4) is 0 Å². The molecule has 0 saturated heterocycles. The van der Waals surface area contributed by atoms with E-state index in [2.05, 4.69) is 24.3 Å². The van der Waals surface area contributed by atoms with Gasteiger partial charge in [-0.25, -0.2) is 0 Å². The second-order valence-electron chi connectivity index (χ2n) is 5.37. The molecule has 1 N–H and O–H groups in total. The summed E-state index contributed by atoms with van der Waals surface area (Å²) in [7, 11) is 3.95. The van der Waals surface area contributed by atoms with E-state index >= 15 is 0 Å². The van der Waals surface area contributed by atoms with E-state index in [1.165, 1.54) is 11.3 Å². The molecule has 2 aromatic rings. The first-order chi connectivity index (χ1) is 9.93. The minimum absolute atomic E-state index is 0.268. The second-order valence-corrected chi connectivity index (χ2v) is 6.18. The molecule has 1 heterocycles. The highest BCUT2D eigenvalue weighted by atomic mass is 35.5. The highest BCUT2D eigenvalue weighted by Crippen LogP contribution is 2.26. The summed E-state index contributed by atoms with van der Waals surface area (Å²) in [6, 6.07) is 5.91. The summed E-state index contributed by atoms with van der Waals surface area (Å²) in [5.74, 6) is 0. The standard InChI is InChI=1S/C16H21Cl2N3/c1-10-13(11(2)21(4)20-10)8-12(19-3)9-14-15(17)6-5-7-16(14)18/h5-7,12,19H,8-9H2,1-4H3. The average molecular weight is 326 g/mol. The maximum Gasteiger partial charge on any atom is 0.0628 e. The number of likely N-dealkylation sites (N-methyl/N-ethyl adjacent to an activating group) is 1. The molecule has 0 fully saturated rings. The van der Waals surface area contributed by atoms with Crippen LogP contribution in [0.5, 0.6) is 0 Å². The van der Waals surface area contributed by atoms with Gasteiger partial charge < -0.3 is 5.32 Å². The molecule has 0 bridgehead atoms. The Hall–Kier alpha value is -1.03. The van der Waals surface area contributed by atoms with Gasteiger partial charge in [-0.15, -0.1) is 0 Å². The fraction of sp³-hybridized carbons (Fsp3) is 0.438. The summed E-state index contributed by atoms with van der Waals surface area (Å²) >= 11 is 12.5. The molecule has 0 saturated carbocycles. The smallest absolute Gasteiger partial charge is 0.0628 e. The van der Waals surface area contributed by atoms with E-state index in [0.717, 1.165) is 34.1 Å². The van der Waals surface area contributed by atoms with Gasteiger partial charge in [0.15, 0.2) is 0 Å². The van der Waals surface area contributed by atoms with Gasteiger partial charge in [0.05, 0.1) is 5.69 Å². The third-order valence-electron chi connectivity index (χ3n) is 4.03. The van der Waals surface area contributed by atoms with Crippen molar-refractivity contribution in [2.24, 2.45) is 7.05 Å². The lowest BCUT2D eigenvalue weighted by Crippen LogP contribution is -2.30. The molecule has 0 radical (unpaired) electrons. The number of hydrogen-bond acceptors (Lipinski definition) is 2. The van der Waals surface area contributed by atoms with Crippen LogP contribution in [0.25, 0.3) is 0 Å². The number of aryl methyl sites for hydroxylation is 2. The normalized spacial score (nSPS) is 12.7. The molecule has 1 aromatic carbocycles. The fourth-order valence-electron chi connectivity index (χ4n) is 2.61. The molecular weight excluding hydrogens is 305 g/mol. The van der Waals surface area contributed by atoms with Gasteiger partial charge in [-0.2, -0.15) is 5.10 Å². The third kappa shape index (κ3) is 3.60. The Bertz CT molecular complexity index is 614. The number of nitrogens with one attached hydrogen (secondary N) is 1. The predicted molar refractivity (Wildman–Crippen MR) is 89.4 cm³/mol. The van der Waals surface area contributed by atoms with Crippen LogP contribution >= 0.6 is 23.2 Å². The lowest BCUT2D eigenvalue weighted by atomic mass is 9.98. The van der Waals surface area contributed by atoms with Crippen LogP contribution in [-0.4, -0.2) is 22.9 Å². The van der Waals surface area contributed by atoms with E-state index in [1.54, 1.807) is 0 Å². The highest BCUT2D eigenvalue weighted by Gasteiger charge is 2.17. The highest BCUT2D eigenvalue weighted by molar-refractivity contribution is 6.36. The van der Waals surface area contributed by atoms with Crippen molar-refractivity contribution in [1.82, 2.24) is 15.1 Å². The summed E-state index contributed by atoms with van der Waals surface area (Å²) in [6.07, 6.45) is 1.70. The van der Waals surface area contributed by atoms with E-state index in [-0.39, 0.29) is 6.04 Å². The van der Waals surface area contributed by atoms with Crippen LogP contribution < -0.4 is 5.32 Å². The van der Waals surface area contributed by atoms with Crippen LogP contribution in [0.3, 0.4) is 0 Å². The quantitative estimate of drug-likeness (QED) is 0.908. The van der Waals surface area contributed by atoms with Gasteiger partial charge in [-0.1, -0.05) is 29.3 Å². The van der Waals surface area contributed by atoms with Crippen molar-refractivity contribution in [3.05, 3.63) is 50.8 Å². The lowest BCUT2D eigenvalue weighted by Gasteiger charge is -2.18. The molecule has 3 nitrogen and oxygen atoms in total. The van der Waals surface area contributed by atoms with Crippen molar-refractivity contribution in [3.63, 3.8) is 0 Å². The molecule has 0 aliphatic carbocycles. The monoisotopic (exact) mass is 325 g/mol. The van der Waals surface area contributed by atoms with Gasteiger partial charge in [0.25, 0.3) is 0 Å². The van der Waals surface area contributed by atoms with E-state index in [0.29, 0.717) is 0 Å².